The Morgan fingerprint density at radius 3 is 2.81 bits per heavy atom. The van der Waals surface area contributed by atoms with E-state index in [1.165, 1.54) is 23.1 Å². The van der Waals surface area contributed by atoms with Crippen LogP contribution in [-0.2, 0) is 0 Å². The molecule has 1 rings (SSSR count). The molecule has 0 aliphatic heterocycles. The number of carbonyl (C=O) groups is 1. The second kappa shape index (κ2) is 5.61. The summed E-state index contributed by atoms with van der Waals surface area (Å²) in [5, 5.41) is 8.56. The Kier molecular flexibility index (Phi) is 4.44. The van der Waals surface area contributed by atoms with Crippen LogP contribution in [0, 0.1) is 17.1 Å². The van der Waals surface area contributed by atoms with Crippen molar-refractivity contribution in [3.63, 3.8) is 0 Å². The molecule has 0 bridgehead atoms. The van der Waals surface area contributed by atoms with E-state index in [9.17, 15) is 9.18 Å². The molecule has 0 atom stereocenters. The molecular weight excluding hydrogens is 275 g/mol. The minimum atomic E-state index is -0.410. The number of nitriles is 1. The van der Waals surface area contributed by atoms with Gasteiger partial charge in [0.25, 0.3) is 5.91 Å². The predicted molar refractivity (Wildman–Crippen MR) is 61.3 cm³/mol. The van der Waals surface area contributed by atoms with E-state index in [1.807, 2.05) is 6.07 Å². The Morgan fingerprint density at radius 1 is 1.62 bits per heavy atom. The van der Waals surface area contributed by atoms with Gasteiger partial charge in [-0.25, -0.2) is 4.39 Å². The fraction of sp³-hybridized carbons (Fsp3) is 0.273. The molecule has 0 spiro atoms. The van der Waals surface area contributed by atoms with Gasteiger partial charge in [-0.1, -0.05) is 0 Å². The van der Waals surface area contributed by atoms with E-state index >= 15 is 0 Å². The fourth-order valence-electron chi connectivity index (χ4n) is 1.25. The van der Waals surface area contributed by atoms with Gasteiger partial charge < -0.3 is 4.90 Å². The Hall–Kier alpha value is -1.41. The van der Waals surface area contributed by atoms with E-state index in [4.69, 9.17) is 5.26 Å². The lowest BCUT2D eigenvalue weighted by atomic mass is 10.2. The third-order valence-electron chi connectivity index (χ3n) is 2.09. The third kappa shape index (κ3) is 2.80. The highest BCUT2D eigenvalue weighted by Gasteiger charge is 2.16. The molecule has 5 heteroatoms. The predicted octanol–water partition coefficient (Wildman–Crippen LogP) is 2.57. The van der Waals surface area contributed by atoms with Crippen LogP contribution in [0.5, 0.6) is 0 Å². The van der Waals surface area contributed by atoms with Gasteiger partial charge in [-0.2, -0.15) is 5.26 Å². The standard InChI is InChI=1S/C11H10BrFN2O/c1-2-15(6-5-14)11(16)9-4-3-8(13)7-10(9)12/h3-4,7H,2,6H2,1H3. The zero-order valence-corrected chi connectivity index (χ0v) is 10.3. The van der Waals surface area contributed by atoms with E-state index in [0.717, 1.165) is 0 Å². The van der Waals surface area contributed by atoms with E-state index in [0.29, 0.717) is 16.6 Å². The summed E-state index contributed by atoms with van der Waals surface area (Å²) < 4.78 is 13.2. The normalized spacial score (nSPS) is 9.62. The molecule has 1 aromatic rings. The van der Waals surface area contributed by atoms with Crippen LogP contribution >= 0.6 is 15.9 Å². The zero-order chi connectivity index (χ0) is 12.1. The van der Waals surface area contributed by atoms with Crippen molar-refractivity contribution in [3.05, 3.63) is 34.1 Å². The van der Waals surface area contributed by atoms with E-state index < -0.39 is 5.82 Å². The summed E-state index contributed by atoms with van der Waals surface area (Å²) in [6, 6.07) is 5.77. The number of halogens is 2. The average Bonchev–Trinajstić information content (AvgIpc) is 2.25. The minimum absolute atomic E-state index is 0.0269. The molecule has 0 saturated carbocycles. The van der Waals surface area contributed by atoms with Crippen molar-refractivity contribution in [2.45, 2.75) is 6.92 Å². The molecule has 0 N–H and O–H groups in total. The molecule has 0 aliphatic rings. The topological polar surface area (TPSA) is 44.1 Å². The maximum atomic E-state index is 12.8. The molecule has 1 amide bonds. The number of hydrogen-bond acceptors (Lipinski definition) is 2. The Morgan fingerprint density at radius 2 is 2.31 bits per heavy atom. The molecule has 0 heterocycles. The summed E-state index contributed by atoms with van der Waals surface area (Å²) >= 11 is 3.13. The minimum Gasteiger partial charge on any atom is -0.326 e. The highest BCUT2D eigenvalue weighted by atomic mass is 79.9. The van der Waals surface area contributed by atoms with Crippen LogP contribution < -0.4 is 0 Å². The molecule has 0 aliphatic carbocycles. The van der Waals surface area contributed by atoms with Crippen molar-refractivity contribution in [2.75, 3.05) is 13.1 Å². The van der Waals surface area contributed by atoms with Crippen molar-refractivity contribution < 1.29 is 9.18 Å². The first-order valence-corrected chi connectivity index (χ1v) is 5.50. The molecule has 84 valence electrons. The molecule has 0 fully saturated rings. The van der Waals surface area contributed by atoms with Crippen molar-refractivity contribution in [1.82, 2.24) is 4.90 Å². The molecule has 0 unspecified atom stereocenters. The van der Waals surface area contributed by atoms with Crippen LogP contribution in [0.3, 0.4) is 0 Å². The molecule has 16 heavy (non-hydrogen) atoms. The molecule has 0 radical (unpaired) electrons. The number of hydrogen-bond donors (Lipinski definition) is 0. The first kappa shape index (κ1) is 12.7. The monoisotopic (exact) mass is 284 g/mol. The molecule has 3 nitrogen and oxygen atoms in total. The summed E-state index contributed by atoms with van der Waals surface area (Å²) in [4.78, 5) is 13.3. The average molecular weight is 285 g/mol. The number of amides is 1. The van der Waals surface area contributed by atoms with Crippen molar-refractivity contribution >= 4 is 21.8 Å². The number of benzene rings is 1. The molecule has 0 saturated heterocycles. The van der Waals surface area contributed by atoms with Gasteiger partial charge in [0.15, 0.2) is 0 Å². The van der Waals surface area contributed by atoms with Crippen molar-refractivity contribution in [3.8, 4) is 6.07 Å². The van der Waals surface area contributed by atoms with Crippen molar-refractivity contribution in [2.24, 2.45) is 0 Å². The maximum Gasteiger partial charge on any atom is 0.255 e. The number of nitrogens with zero attached hydrogens (tertiary/aromatic N) is 2. The second-order valence-electron chi connectivity index (χ2n) is 3.10. The summed E-state index contributed by atoms with van der Waals surface area (Å²) in [6.07, 6.45) is 0. The smallest absolute Gasteiger partial charge is 0.255 e. The third-order valence-corrected chi connectivity index (χ3v) is 2.75. The van der Waals surface area contributed by atoms with E-state index in [-0.39, 0.29) is 12.5 Å². The highest BCUT2D eigenvalue weighted by Crippen LogP contribution is 2.19. The van der Waals surface area contributed by atoms with Gasteiger partial charge in [-0.15, -0.1) is 0 Å². The van der Waals surface area contributed by atoms with Crippen LogP contribution in [0.15, 0.2) is 22.7 Å². The lowest BCUT2D eigenvalue weighted by molar-refractivity contribution is 0.0783. The quantitative estimate of drug-likeness (QED) is 0.801. The summed E-state index contributed by atoms with van der Waals surface area (Å²) in [7, 11) is 0. The molecule has 0 aromatic heterocycles. The van der Waals surface area contributed by atoms with Crippen molar-refractivity contribution in [1.29, 1.82) is 5.26 Å². The van der Waals surface area contributed by atoms with Gasteiger partial charge in [0, 0.05) is 11.0 Å². The number of rotatable bonds is 3. The van der Waals surface area contributed by atoms with Gasteiger partial charge in [0.05, 0.1) is 11.6 Å². The van der Waals surface area contributed by atoms with Crippen LogP contribution in [0.4, 0.5) is 4.39 Å². The Labute approximate surface area is 102 Å². The van der Waals surface area contributed by atoms with E-state index in [1.54, 1.807) is 6.92 Å². The lowest BCUT2D eigenvalue weighted by Crippen LogP contribution is -2.31. The maximum absolute atomic E-state index is 12.8. The largest absolute Gasteiger partial charge is 0.326 e. The SMILES string of the molecule is CCN(CC#N)C(=O)c1ccc(F)cc1Br. The van der Waals surface area contributed by atoms with Crippen LogP contribution in [0.25, 0.3) is 0 Å². The fourth-order valence-corrected chi connectivity index (χ4v) is 1.77. The Bertz CT molecular complexity index is 442. The van der Waals surface area contributed by atoms with Crippen LogP contribution in [0.1, 0.15) is 17.3 Å². The van der Waals surface area contributed by atoms with Crippen LogP contribution in [0.2, 0.25) is 0 Å². The molecule has 1 aromatic carbocycles. The van der Waals surface area contributed by atoms with Gasteiger partial charge in [0.1, 0.15) is 12.4 Å². The highest BCUT2D eigenvalue weighted by molar-refractivity contribution is 9.10. The van der Waals surface area contributed by atoms with E-state index in [2.05, 4.69) is 15.9 Å². The van der Waals surface area contributed by atoms with Gasteiger partial charge >= 0.3 is 0 Å². The lowest BCUT2D eigenvalue weighted by Gasteiger charge is -2.17. The summed E-state index contributed by atoms with van der Waals surface area (Å²) in [5.41, 5.74) is 0.360. The first-order chi connectivity index (χ1) is 7.60. The first-order valence-electron chi connectivity index (χ1n) is 4.71. The van der Waals surface area contributed by atoms with Gasteiger partial charge in [-0.3, -0.25) is 4.79 Å². The van der Waals surface area contributed by atoms with Gasteiger partial charge in [0.2, 0.25) is 0 Å². The summed E-state index contributed by atoms with van der Waals surface area (Å²) in [5.74, 6) is -0.692. The van der Waals surface area contributed by atoms with Gasteiger partial charge in [-0.05, 0) is 41.1 Å². The summed E-state index contributed by atoms with van der Waals surface area (Å²) in [6.45, 7) is 2.25. The number of carbonyl (C=O) groups excluding carboxylic acids is 1. The Balaban J connectivity index is 3.00. The zero-order valence-electron chi connectivity index (χ0n) is 8.70. The van der Waals surface area contributed by atoms with Crippen LogP contribution in [-0.4, -0.2) is 23.9 Å². The molecular formula is C11H10BrFN2O. The second-order valence-corrected chi connectivity index (χ2v) is 3.96.